The van der Waals surface area contributed by atoms with Crippen LogP contribution in [0.1, 0.15) is 11.3 Å². The first kappa shape index (κ1) is 15.9. The van der Waals surface area contributed by atoms with Gasteiger partial charge in [0.25, 0.3) is 5.91 Å². The first-order chi connectivity index (χ1) is 12.6. The second-order valence-corrected chi connectivity index (χ2v) is 6.09. The number of hydrogen-bond acceptors (Lipinski definition) is 2. The van der Waals surface area contributed by atoms with Gasteiger partial charge in [0.2, 0.25) is 0 Å². The molecule has 0 unspecified atom stereocenters. The van der Waals surface area contributed by atoms with Gasteiger partial charge in [0.05, 0.1) is 5.69 Å². The summed E-state index contributed by atoms with van der Waals surface area (Å²) in [6.45, 7) is 2.02. The molecule has 128 valence electrons. The lowest BCUT2D eigenvalue weighted by atomic mass is 10.1. The summed E-state index contributed by atoms with van der Waals surface area (Å²) in [7, 11) is 0. The molecule has 0 atom stereocenters. The molecule has 1 aromatic heterocycles. The lowest BCUT2D eigenvalue weighted by molar-refractivity contribution is -0.115. The van der Waals surface area contributed by atoms with Crippen LogP contribution in [-0.2, 0) is 4.79 Å². The van der Waals surface area contributed by atoms with Crippen LogP contribution in [0, 0.1) is 6.92 Å². The molecule has 0 bridgehead atoms. The zero-order valence-electron chi connectivity index (χ0n) is 14.2. The van der Waals surface area contributed by atoms with Crippen molar-refractivity contribution in [3.8, 4) is 16.9 Å². The van der Waals surface area contributed by atoms with E-state index in [0.29, 0.717) is 0 Å². The molecule has 4 rings (SSSR count). The number of carbonyl (C=O) groups excluding carboxylic acids is 2. The van der Waals surface area contributed by atoms with Crippen molar-refractivity contribution in [2.75, 3.05) is 0 Å². The Bertz CT molecular complexity index is 1020. The highest BCUT2D eigenvalue weighted by Crippen LogP contribution is 2.32. The fourth-order valence-electron chi connectivity index (χ4n) is 3.21. The molecule has 3 aromatic rings. The van der Waals surface area contributed by atoms with Crippen LogP contribution in [0.2, 0.25) is 0 Å². The van der Waals surface area contributed by atoms with Crippen LogP contribution in [0.25, 0.3) is 23.0 Å². The monoisotopic (exact) mass is 343 g/mol. The van der Waals surface area contributed by atoms with E-state index in [1.54, 1.807) is 6.08 Å². The lowest BCUT2D eigenvalue weighted by Crippen LogP contribution is -2.22. The highest BCUT2D eigenvalue weighted by Gasteiger charge is 2.24. The number of aromatic nitrogens is 1. The molecule has 5 nitrogen and oxygen atoms in total. The zero-order valence-corrected chi connectivity index (χ0v) is 14.2. The van der Waals surface area contributed by atoms with Crippen molar-refractivity contribution in [1.82, 2.24) is 15.2 Å². The van der Waals surface area contributed by atoms with E-state index >= 15 is 0 Å². The maximum absolute atomic E-state index is 11.9. The number of carbonyl (C=O) groups is 2. The van der Waals surface area contributed by atoms with E-state index in [1.807, 2.05) is 73.7 Å². The Hall–Kier alpha value is -3.60. The van der Waals surface area contributed by atoms with E-state index in [4.69, 9.17) is 0 Å². The molecule has 0 spiro atoms. The molecule has 0 aliphatic carbocycles. The van der Waals surface area contributed by atoms with E-state index < -0.39 is 11.9 Å². The lowest BCUT2D eigenvalue weighted by Gasteiger charge is -2.13. The number of urea groups is 1. The van der Waals surface area contributed by atoms with Gasteiger partial charge in [-0.1, -0.05) is 48.5 Å². The molecule has 26 heavy (non-hydrogen) atoms. The third-order valence-electron chi connectivity index (χ3n) is 4.30. The van der Waals surface area contributed by atoms with Gasteiger partial charge in [-0.05, 0) is 36.8 Å². The van der Waals surface area contributed by atoms with Crippen LogP contribution in [0.3, 0.4) is 0 Å². The second-order valence-electron chi connectivity index (χ2n) is 6.09. The molecule has 1 aliphatic rings. The van der Waals surface area contributed by atoms with Crippen molar-refractivity contribution in [3.05, 3.63) is 83.7 Å². The van der Waals surface area contributed by atoms with Crippen LogP contribution < -0.4 is 10.6 Å². The Kier molecular flexibility index (Phi) is 3.89. The van der Waals surface area contributed by atoms with Gasteiger partial charge in [-0.25, -0.2) is 4.79 Å². The molecule has 3 amide bonds. The molecule has 1 saturated heterocycles. The molecule has 2 N–H and O–H groups in total. The predicted octanol–water partition coefficient (Wildman–Crippen LogP) is 3.63. The van der Waals surface area contributed by atoms with Crippen molar-refractivity contribution < 1.29 is 9.59 Å². The first-order valence-corrected chi connectivity index (χ1v) is 8.31. The summed E-state index contributed by atoms with van der Waals surface area (Å²) in [6.07, 6.45) is 1.72. The fraction of sp³-hybridized carbons (Fsp3) is 0.0476. The highest BCUT2D eigenvalue weighted by molar-refractivity contribution is 6.14. The average molecular weight is 343 g/mol. The van der Waals surface area contributed by atoms with E-state index in [0.717, 1.165) is 28.2 Å². The van der Waals surface area contributed by atoms with Crippen LogP contribution in [0.5, 0.6) is 0 Å². The highest BCUT2D eigenvalue weighted by atomic mass is 16.2. The van der Waals surface area contributed by atoms with Crippen LogP contribution in [-0.4, -0.2) is 16.5 Å². The van der Waals surface area contributed by atoms with Gasteiger partial charge in [-0.15, -0.1) is 0 Å². The number of nitrogens with one attached hydrogen (secondary N) is 2. The molecule has 0 radical (unpaired) electrons. The van der Waals surface area contributed by atoms with Gasteiger partial charge in [0.15, 0.2) is 0 Å². The molecule has 2 heterocycles. The smallest absolute Gasteiger partial charge is 0.313 e. The molecule has 0 saturated carbocycles. The summed E-state index contributed by atoms with van der Waals surface area (Å²) in [4.78, 5) is 23.3. The Morgan fingerprint density at radius 3 is 2.15 bits per heavy atom. The van der Waals surface area contributed by atoms with E-state index in [9.17, 15) is 9.59 Å². The number of hydrogen-bond donors (Lipinski definition) is 2. The minimum atomic E-state index is -0.498. The van der Waals surface area contributed by atoms with Crippen LogP contribution in [0.15, 0.2) is 72.4 Å². The largest absolute Gasteiger partial charge is 0.326 e. The number of amides is 3. The Morgan fingerprint density at radius 2 is 1.54 bits per heavy atom. The average Bonchev–Trinajstić information content (AvgIpc) is 3.15. The maximum atomic E-state index is 11.9. The van der Waals surface area contributed by atoms with Crippen LogP contribution >= 0.6 is 0 Å². The summed E-state index contributed by atoms with van der Waals surface area (Å²) in [5, 5.41) is 4.79. The normalized spacial score (nSPS) is 15.2. The Balaban J connectivity index is 1.94. The van der Waals surface area contributed by atoms with Crippen molar-refractivity contribution in [2.24, 2.45) is 0 Å². The van der Waals surface area contributed by atoms with Gasteiger partial charge in [0, 0.05) is 16.9 Å². The molecule has 1 aliphatic heterocycles. The third-order valence-corrected chi connectivity index (χ3v) is 4.30. The number of nitrogens with zero attached hydrogens (tertiary/aromatic N) is 1. The number of para-hydroxylation sites is 1. The van der Waals surface area contributed by atoms with E-state index in [-0.39, 0.29) is 5.70 Å². The van der Waals surface area contributed by atoms with E-state index in [2.05, 4.69) is 15.2 Å². The van der Waals surface area contributed by atoms with Crippen molar-refractivity contribution in [2.45, 2.75) is 6.92 Å². The SMILES string of the molecule is Cc1cc(/C=C2/NC(=O)NC2=O)c(-c2ccccc2)n1-c1ccccc1. The zero-order chi connectivity index (χ0) is 18.1. The molecular weight excluding hydrogens is 326 g/mol. The van der Waals surface area contributed by atoms with Crippen LogP contribution in [0.4, 0.5) is 4.79 Å². The number of rotatable bonds is 3. The minimum absolute atomic E-state index is 0.248. The summed E-state index contributed by atoms with van der Waals surface area (Å²) in [6, 6.07) is 21.6. The fourth-order valence-corrected chi connectivity index (χ4v) is 3.21. The standard InChI is InChI=1S/C21H17N3O2/c1-14-12-16(13-18-20(25)23-21(26)22-18)19(15-8-4-2-5-9-15)24(14)17-10-6-3-7-11-17/h2-13H,1H3,(H2,22,23,25,26)/b18-13+. The predicted molar refractivity (Wildman–Crippen MR) is 101 cm³/mol. The summed E-state index contributed by atoms with van der Waals surface area (Å²) >= 11 is 0. The number of imide groups is 1. The van der Waals surface area contributed by atoms with Gasteiger partial charge in [-0.3, -0.25) is 10.1 Å². The van der Waals surface area contributed by atoms with Gasteiger partial charge < -0.3 is 9.88 Å². The van der Waals surface area contributed by atoms with Gasteiger partial charge >= 0.3 is 6.03 Å². The van der Waals surface area contributed by atoms with Crippen molar-refractivity contribution in [3.63, 3.8) is 0 Å². The number of benzene rings is 2. The quantitative estimate of drug-likeness (QED) is 0.563. The summed E-state index contributed by atoms with van der Waals surface area (Å²) in [5.74, 6) is -0.417. The summed E-state index contributed by atoms with van der Waals surface area (Å²) < 4.78 is 2.15. The minimum Gasteiger partial charge on any atom is -0.313 e. The molecule has 1 fully saturated rings. The van der Waals surface area contributed by atoms with E-state index in [1.165, 1.54) is 0 Å². The van der Waals surface area contributed by atoms with Crippen molar-refractivity contribution in [1.29, 1.82) is 0 Å². The summed E-state index contributed by atoms with van der Waals surface area (Å²) in [5.41, 5.74) is 5.18. The maximum Gasteiger partial charge on any atom is 0.326 e. The molecule has 5 heteroatoms. The third kappa shape index (κ3) is 2.80. The molecule has 2 aromatic carbocycles. The van der Waals surface area contributed by atoms with Gasteiger partial charge in [-0.2, -0.15) is 0 Å². The Morgan fingerprint density at radius 1 is 0.885 bits per heavy atom. The Labute approximate surface area is 151 Å². The second kappa shape index (κ2) is 6.37. The molecular formula is C21H17N3O2. The van der Waals surface area contributed by atoms with Crippen molar-refractivity contribution >= 4 is 18.0 Å². The first-order valence-electron chi connectivity index (χ1n) is 8.31. The van der Waals surface area contributed by atoms with Gasteiger partial charge in [0.1, 0.15) is 5.70 Å². The topological polar surface area (TPSA) is 63.1 Å². The number of aryl methyl sites for hydroxylation is 1.